The zero-order chi connectivity index (χ0) is 46.7. The summed E-state index contributed by atoms with van der Waals surface area (Å²) in [6, 6.07) is 22.0. The van der Waals surface area contributed by atoms with Gasteiger partial charge >= 0.3 is 0 Å². The van der Waals surface area contributed by atoms with Gasteiger partial charge in [0, 0.05) is 69.1 Å². The second-order valence-corrected chi connectivity index (χ2v) is 18.5. The molecule has 3 aromatic carbocycles. The number of aromatic nitrogens is 4. The fraction of sp³-hybridized carbons (Fsp3) is 0.420. The molecule has 1 aliphatic carbocycles. The number of benzene rings is 3. The van der Waals surface area contributed by atoms with Crippen molar-refractivity contribution in [1.29, 1.82) is 0 Å². The largest absolute Gasteiger partial charge is 0.484 e. The predicted molar refractivity (Wildman–Crippen MR) is 251 cm³/mol. The van der Waals surface area contributed by atoms with Crippen LogP contribution >= 0.6 is 0 Å². The van der Waals surface area contributed by atoms with Gasteiger partial charge in [0.2, 0.25) is 17.7 Å². The van der Waals surface area contributed by atoms with Crippen molar-refractivity contribution in [3.8, 4) is 5.75 Å². The number of piperidine rings is 2. The monoisotopic (exact) mass is 921 g/mol. The average Bonchev–Trinajstić information content (AvgIpc) is 3.88. The Morgan fingerprint density at radius 2 is 1.57 bits per heavy atom. The molecule has 2 aromatic heterocycles. The number of likely N-dealkylation sites (tertiary alicyclic amines) is 1. The Morgan fingerprint density at radius 3 is 2.34 bits per heavy atom. The first-order valence-corrected chi connectivity index (χ1v) is 23.7. The first kappa shape index (κ1) is 44.6. The fourth-order valence-electron chi connectivity index (χ4n) is 10.2. The number of ether oxygens (including phenoxy) is 1. The molecule has 68 heavy (non-hydrogen) atoms. The molecule has 6 heterocycles. The quantitative estimate of drug-likeness (QED) is 0.126. The number of piperazine rings is 1. The minimum atomic E-state index is -1.04. The summed E-state index contributed by atoms with van der Waals surface area (Å²) in [6.07, 6.45) is 9.69. The Bertz CT molecular complexity index is 2710. The molecule has 3 N–H and O–H groups in total. The molecule has 352 valence electrons. The van der Waals surface area contributed by atoms with E-state index in [-0.39, 0.29) is 54.5 Å². The van der Waals surface area contributed by atoms with Crippen LogP contribution in [0.2, 0.25) is 0 Å². The van der Waals surface area contributed by atoms with Crippen LogP contribution in [0.5, 0.6) is 5.75 Å². The van der Waals surface area contributed by atoms with Gasteiger partial charge in [0.1, 0.15) is 18.1 Å². The number of imide groups is 2. The fourth-order valence-corrected chi connectivity index (χ4v) is 10.2. The van der Waals surface area contributed by atoms with Crippen molar-refractivity contribution in [2.24, 2.45) is 5.92 Å². The Labute approximate surface area is 393 Å². The third kappa shape index (κ3) is 9.63. The van der Waals surface area contributed by atoms with Crippen molar-refractivity contribution in [2.45, 2.75) is 75.9 Å². The predicted octanol–water partition coefficient (Wildman–Crippen LogP) is 4.25. The minimum absolute atomic E-state index is 0.0425. The van der Waals surface area contributed by atoms with E-state index in [2.05, 4.69) is 69.5 Å². The summed E-state index contributed by atoms with van der Waals surface area (Å²) >= 11 is 0. The summed E-state index contributed by atoms with van der Waals surface area (Å²) in [5, 5.41) is 8.81. The lowest BCUT2D eigenvalue weighted by molar-refractivity contribution is -0.136. The zero-order valence-corrected chi connectivity index (χ0v) is 37.8. The molecule has 1 atom stereocenters. The van der Waals surface area contributed by atoms with Gasteiger partial charge in [0.05, 0.1) is 23.9 Å². The maximum atomic E-state index is 13.2. The van der Waals surface area contributed by atoms with Gasteiger partial charge in [-0.05, 0) is 105 Å². The summed E-state index contributed by atoms with van der Waals surface area (Å²) in [5.41, 5.74) is 4.88. The second-order valence-electron chi connectivity index (χ2n) is 18.5. The molecule has 6 amide bonds. The van der Waals surface area contributed by atoms with Crippen LogP contribution in [0.25, 0.3) is 11.2 Å². The van der Waals surface area contributed by atoms with E-state index < -0.39 is 29.7 Å². The number of hydrogen-bond acceptors (Lipinski definition) is 13. The van der Waals surface area contributed by atoms with Crippen molar-refractivity contribution >= 4 is 63.8 Å². The average molecular weight is 922 g/mol. The maximum Gasteiger partial charge on any atom is 0.262 e. The lowest BCUT2D eigenvalue weighted by Gasteiger charge is -2.37. The Kier molecular flexibility index (Phi) is 12.8. The Hall–Kier alpha value is -7.21. The number of rotatable bonds is 15. The molecular formula is C50H55N11O7. The molecule has 1 saturated carbocycles. The van der Waals surface area contributed by atoms with E-state index in [1.54, 1.807) is 12.4 Å². The molecule has 5 aromatic rings. The maximum absolute atomic E-state index is 13.2. The number of nitrogens with one attached hydrogen (secondary N) is 3. The van der Waals surface area contributed by atoms with Crippen LogP contribution in [0.4, 0.5) is 17.2 Å². The molecule has 0 unspecified atom stereocenters. The number of anilines is 3. The third-order valence-corrected chi connectivity index (χ3v) is 14.1. The number of imidazole rings is 1. The normalized spacial score (nSPS) is 21.1. The highest BCUT2D eigenvalue weighted by Gasteiger charge is 2.45. The molecule has 4 aliphatic heterocycles. The molecule has 0 radical (unpaired) electrons. The van der Waals surface area contributed by atoms with E-state index in [1.165, 1.54) is 17.8 Å². The van der Waals surface area contributed by atoms with Crippen LogP contribution < -0.4 is 25.6 Å². The number of carbonyl (C=O) groups is 6. The summed E-state index contributed by atoms with van der Waals surface area (Å²) < 4.78 is 7.88. The van der Waals surface area contributed by atoms with Crippen molar-refractivity contribution in [3.05, 3.63) is 102 Å². The molecule has 0 spiro atoms. The third-order valence-electron chi connectivity index (χ3n) is 14.1. The molecule has 4 fully saturated rings. The number of nitrogens with zero attached hydrogens (tertiary/aromatic N) is 8. The Balaban J connectivity index is 0.616. The van der Waals surface area contributed by atoms with Crippen LogP contribution in [-0.4, -0.2) is 134 Å². The standard InChI is InChI=1S/C50H55N11O7/c62-42-15-14-41(48(65)56-42)61-49(66)39-13-12-38(28-40(39)50(61)67)68-29-44(64)59-19-16-32(17-20-59)7-4-18-57-21-23-58(24-22-57)36-10-8-34(9-11-36)55-46-45-47(52-30-51-46)60(31-53-45)37-26-35(27-37)54-43(63)25-33-5-2-1-3-6-33/h1-3,5-6,8-13,28,30-32,35,37,41H,4,7,14-27,29H2,(H,54,63)(H,51,52,55)(H,56,62,65)/t35?,37?,41-/m0/s1. The van der Waals surface area contributed by atoms with Gasteiger partial charge in [-0.1, -0.05) is 30.3 Å². The number of fused-ring (bicyclic) bond motifs is 2. The number of carbonyl (C=O) groups excluding carboxylic acids is 6. The minimum Gasteiger partial charge on any atom is -0.484 e. The van der Waals surface area contributed by atoms with Gasteiger partial charge in [-0.15, -0.1) is 0 Å². The summed E-state index contributed by atoms with van der Waals surface area (Å²) in [4.78, 5) is 97.3. The van der Waals surface area contributed by atoms with E-state index in [0.717, 1.165) is 93.0 Å². The SMILES string of the molecule is O=C1CC[C@H](N2C(=O)c3ccc(OCC(=O)N4CCC(CCCN5CCN(c6ccc(Nc7ncnc8c7ncn8C7CC(NC(=O)Cc8ccccc8)C7)cc6)CC5)CC4)cc3C2=O)C(=O)N1. The topological polar surface area (TPSA) is 204 Å². The van der Waals surface area contributed by atoms with Crippen LogP contribution in [0.1, 0.15) is 83.7 Å². The summed E-state index contributed by atoms with van der Waals surface area (Å²) in [5.74, 6) is -0.870. The molecule has 18 nitrogen and oxygen atoms in total. The van der Waals surface area contributed by atoms with Gasteiger partial charge < -0.3 is 29.7 Å². The lowest BCUT2D eigenvalue weighted by Crippen LogP contribution is -2.54. The van der Waals surface area contributed by atoms with Gasteiger partial charge in [0.25, 0.3) is 17.7 Å². The highest BCUT2D eigenvalue weighted by atomic mass is 16.5. The highest BCUT2D eigenvalue weighted by Crippen LogP contribution is 2.36. The summed E-state index contributed by atoms with van der Waals surface area (Å²) in [6.45, 7) is 6.14. The van der Waals surface area contributed by atoms with Crippen LogP contribution in [0.15, 0.2) is 85.5 Å². The first-order chi connectivity index (χ1) is 33.1. The van der Waals surface area contributed by atoms with Gasteiger partial charge in [-0.2, -0.15) is 0 Å². The Morgan fingerprint density at radius 1 is 0.809 bits per heavy atom. The van der Waals surface area contributed by atoms with Crippen LogP contribution in [-0.2, 0) is 25.6 Å². The van der Waals surface area contributed by atoms with E-state index in [4.69, 9.17) is 4.74 Å². The van der Waals surface area contributed by atoms with Crippen molar-refractivity contribution < 1.29 is 33.5 Å². The molecular weight excluding hydrogens is 867 g/mol. The van der Waals surface area contributed by atoms with E-state index >= 15 is 0 Å². The second kappa shape index (κ2) is 19.6. The molecule has 10 rings (SSSR count). The molecule has 5 aliphatic rings. The molecule has 18 heteroatoms. The first-order valence-electron chi connectivity index (χ1n) is 23.7. The van der Waals surface area contributed by atoms with Crippen molar-refractivity contribution in [2.75, 3.05) is 62.6 Å². The van der Waals surface area contributed by atoms with Gasteiger partial charge in [0.15, 0.2) is 23.6 Å². The van der Waals surface area contributed by atoms with E-state index in [9.17, 15) is 28.8 Å². The molecule has 0 bridgehead atoms. The smallest absolute Gasteiger partial charge is 0.262 e. The van der Waals surface area contributed by atoms with Gasteiger partial charge in [-0.25, -0.2) is 15.0 Å². The van der Waals surface area contributed by atoms with E-state index in [0.29, 0.717) is 42.5 Å². The van der Waals surface area contributed by atoms with E-state index in [1.807, 2.05) is 41.6 Å². The zero-order valence-electron chi connectivity index (χ0n) is 37.8. The van der Waals surface area contributed by atoms with Crippen LogP contribution in [0.3, 0.4) is 0 Å². The number of hydrogen-bond donors (Lipinski definition) is 3. The van der Waals surface area contributed by atoms with Gasteiger partial charge in [-0.3, -0.25) is 43.9 Å². The lowest BCUT2D eigenvalue weighted by atomic mass is 9.86. The van der Waals surface area contributed by atoms with Crippen molar-refractivity contribution in [1.82, 2.24) is 44.9 Å². The van der Waals surface area contributed by atoms with Crippen LogP contribution in [0, 0.1) is 5.92 Å². The van der Waals surface area contributed by atoms with Crippen molar-refractivity contribution in [3.63, 3.8) is 0 Å². The summed E-state index contributed by atoms with van der Waals surface area (Å²) in [7, 11) is 0. The number of amides is 6. The highest BCUT2D eigenvalue weighted by molar-refractivity contribution is 6.23. The molecule has 3 saturated heterocycles.